The number of nitrogens with zero attached hydrogens (tertiary/aromatic N) is 6. The average Bonchev–Trinajstić information content (AvgIpc) is 3.91. The molecule has 356 valence electrons. The van der Waals surface area contributed by atoms with Crippen molar-refractivity contribution in [3.05, 3.63) is 93.7 Å². The van der Waals surface area contributed by atoms with E-state index in [0.29, 0.717) is 41.2 Å². The minimum Gasteiger partial charge on any atom is -0.490 e. The Hall–Kier alpha value is -5.60. The highest BCUT2D eigenvalue weighted by atomic mass is 35.5. The SMILES string of the molecule is Cc1ncsc1-c1ccc([C@H](C)NC(=O)[C@@H]2C[C@@H](O)CN2C(=O)[C@@H](NC(=O)CCCCN2CCN(c3ccc(C(=O)NC4CC(Oc5ccc(C#N)c(Cl)c5)C4)cn3)C[C@H]2C)C(C)(C)C)cc1. The number of likely N-dealkylation sites (tertiary alicyclic amines) is 1. The van der Waals surface area contributed by atoms with Gasteiger partial charge in [0.2, 0.25) is 17.7 Å². The Bertz CT molecular complexity index is 2430. The standard InChI is InChI=1S/C50H62ClN9O6S/c1-30-27-59(43-17-15-36(26-53-43)47(63)56-37-21-40(22-37)66-39-16-14-35(25-52)41(51)24-39)20-19-58(30)18-8-7-9-44(62)57-46(50(4,5)6)49(65)60-28-38(61)23-42(60)48(64)55-31(2)33-10-12-34(13-11-33)45-32(3)54-29-67-45/h10-17,24,26,29-31,37-38,40,42,46,61H,7-9,18-23,27-28H2,1-6H3,(H,55,64)(H,56,63)(H,57,62)/t30-,31+,37?,38-,40?,42+,46-/m1/s1. The number of aliphatic hydroxyl groups is 1. The number of aromatic nitrogens is 2. The molecule has 0 radical (unpaired) electrons. The number of rotatable bonds is 16. The molecule has 4 N–H and O–H groups in total. The maximum absolute atomic E-state index is 14.2. The number of hydrogen-bond acceptors (Lipinski definition) is 12. The summed E-state index contributed by atoms with van der Waals surface area (Å²) in [4.78, 5) is 70.4. The van der Waals surface area contributed by atoms with Crippen LogP contribution in [0.15, 0.2) is 66.3 Å². The lowest BCUT2D eigenvalue weighted by molar-refractivity contribution is -0.144. The summed E-state index contributed by atoms with van der Waals surface area (Å²) < 4.78 is 5.95. The molecule has 0 bridgehead atoms. The topological polar surface area (TPSA) is 193 Å². The number of anilines is 1. The fourth-order valence-electron chi connectivity index (χ4n) is 8.99. The first kappa shape index (κ1) is 49.3. The number of β-amino-alcohol motifs (C(OH)–C–C–N with tert-alkyl or cyclic N) is 1. The predicted octanol–water partition coefficient (Wildman–Crippen LogP) is 6.43. The van der Waals surface area contributed by atoms with Gasteiger partial charge in [-0.05, 0) is 81.0 Å². The van der Waals surface area contributed by atoms with E-state index in [2.05, 4.69) is 42.6 Å². The number of thiazole rings is 1. The Kier molecular flexibility index (Phi) is 15.9. The van der Waals surface area contributed by atoms with Crippen LogP contribution < -0.4 is 25.6 Å². The summed E-state index contributed by atoms with van der Waals surface area (Å²) in [5, 5.41) is 29.2. The van der Waals surface area contributed by atoms with Crippen molar-refractivity contribution in [2.24, 2.45) is 5.41 Å². The largest absolute Gasteiger partial charge is 0.490 e. The van der Waals surface area contributed by atoms with Gasteiger partial charge in [0, 0.05) is 76.2 Å². The molecule has 7 rings (SSSR count). The third-order valence-electron chi connectivity index (χ3n) is 13.1. The minimum atomic E-state index is -0.885. The van der Waals surface area contributed by atoms with E-state index >= 15 is 0 Å². The molecule has 1 saturated carbocycles. The van der Waals surface area contributed by atoms with E-state index in [-0.39, 0.29) is 67.2 Å². The number of halogens is 1. The smallest absolute Gasteiger partial charge is 0.253 e. The molecule has 2 aromatic carbocycles. The second-order valence-electron chi connectivity index (χ2n) is 19.2. The number of amides is 4. The third kappa shape index (κ3) is 12.3. The van der Waals surface area contributed by atoms with Gasteiger partial charge >= 0.3 is 0 Å². The van der Waals surface area contributed by atoms with E-state index in [9.17, 15) is 24.3 Å². The molecule has 4 heterocycles. The molecule has 5 atom stereocenters. The highest BCUT2D eigenvalue weighted by Gasteiger charge is 2.45. The van der Waals surface area contributed by atoms with Crippen LogP contribution in [0.25, 0.3) is 10.4 Å². The number of nitriles is 1. The molecule has 2 aliphatic heterocycles. The maximum Gasteiger partial charge on any atom is 0.253 e. The Morgan fingerprint density at radius 1 is 1.00 bits per heavy atom. The number of carbonyl (C=O) groups excluding carboxylic acids is 4. The van der Waals surface area contributed by atoms with Crippen LogP contribution in [0.5, 0.6) is 5.75 Å². The van der Waals surface area contributed by atoms with Crippen LogP contribution in [0.3, 0.4) is 0 Å². The number of unbranched alkanes of at least 4 members (excludes halogenated alkanes) is 1. The van der Waals surface area contributed by atoms with Crippen molar-refractivity contribution in [3.8, 4) is 22.3 Å². The van der Waals surface area contributed by atoms with E-state index in [1.54, 1.807) is 41.8 Å². The molecule has 3 aliphatic rings. The molecule has 17 heteroatoms. The van der Waals surface area contributed by atoms with E-state index in [1.807, 2.05) is 76.5 Å². The van der Waals surface area contributed by atoms with Gasteiger partial charge in [-0.3, -0.25) is 24.1 Å². The Balaban J connectivity index is 0.820. The van der Waals surface area contributed by atoms with Crippen molar-refractivity contribution in [1.82, 2.24) is 35.7 Å². The lowest BCUT2D eigenvalue weighted by atomic mass is 9.85. The molecule has 3 fully saturated rings. The van der Waals surface area contributed by atoms with Crippen LogP contribution >= 0.6 is 22.9 Å². The highest BCUT2D eigenvalue weighted by Crippen LogP contribution is 2.31. The van der Waals surface area contributed by atoms with Gasteiger partial charge < -0.3 is 35.6 Å². The van der Waals surface area contributed by atoms with Crippen molar-refractivity contribution in [2.45, 2.75) is 122 Å². The second kappa shape index (κ2) is 21.6. The average molecular weight is 953 g/mol. The van der Waals surface area contributed by atoms with Crippen LogP contribution in [0.2, 0.25) is 5.02 Å². The van der Waals surface area contributed by atoms with Gasteiger partial charge in [0.1, 0.15) is 35.8 Å². The number of ether oxygens (including phenoxy) is 1. The quantitative estimate of drug-likeness (QED) is 0.0906. The molecule has 15 nitrogen and oxygen atoms in total. The first-order valence-electron chi connectivity index (χ1n) is 23.2. The zero-order valence-electron chi connectivity index (χ0n) is 39.1. The highest BCUT2D eigenvalue weighted by molar-refractivity contribution is 7.13. The summed E-state index contributed by atoms with van der Waals surface area (Å²) >= 11 is 7.70. The van der Waals surface area contributed by atoms with Crippen LogP contribution in [0.1, 0.15) is 106 Å². The van der Waals surface area contributed by atoms with Crippen molar-refractivity contribution >= 4 is 52.4 Å². The summed E-state index contributed by atoms with van der Waals surface area (Å²) in [6, 6.07) is 16.9. The maximum atomic E-state index is 14.2. The van der Waals surface area contributed by atoms with Crippen molar-refractivity contribution < 1.29 is 29.0 Å². The molecule has 1 aliphatic carbocycles. The minimum absolute atomic E-state index is 0.00538. The Labute approximate surface area is 402 Å². The van der Waals surface area contributed by atoms with Crippen molar-refractivity contribution in [3.63, 3.8) is 0 Å². The van der Waals surface area contributed by atoms with Gasteiger partial charge in [0.05, 0.1) is 44.4 Å². The normalized spacial score (nSPS) is 21.7. The molecule has 4 aromatic rings. The van der Waals surface area contributed by atoms with Crippen molar-refractivity contribution in [1.29, 1.82) is 5.26 Å². The second-order valence-corrected chi connectivity index (χ2v) is 20.5. The number of aryl methyl sites for hydroxylation is 1. The van der Waals surface area contributed by atoms with Gasteiger partial charge in [0.25, 0.3) is 5.91 Å². The Morgan fingerprint density at radius 2 is 1.76 bits per heavy atom. The number of carbonyl (C=O) groups is 4. The fraction of sp³-hybridized carbons (Fsp3) is 0.500. The monoisotopic (exact) mass is 951 g/mol. The summed E-state index contributed by atoms with van der Waals surface area (Å²) in [7, 11) is 0. The number of nitrogens with one attached hydrogen (secondary N) is 3. The molecule has 2 saturated heterocycles. The number of pyridine rings is 1. The third-order valence-corrected chi connectivity index (χ3v) is 14.3. The molecule has 0 unspecified atom stereocenters. The van der Waals surface area contributed by atoms with Crippen molar-refractivity contribution in [2.75, 3.05) is 37.6 Å². The zero-order chi connectivity index (χ0) is 48.0. The summed E-state index contributed by atoms with van der Waals surface area (Å²) in [5.41, 5.74) is 5.00. The lowest BCUT2D eigenvalue weighted by Crippen LogP contribution is -2.57. The van der Waals surface area contributed by atoms with Crippen LogP contribution in [-0.2, 0) is 14.4 Å². The Morgan fingerprint density at radius 3 is 2.40 bits per heavy atom. The molecule has 0 spiro atoms. The van der Waals surface area contributed by atoms with E-state index in [1.165, 1.54) is 4.90 Å². The van der Waals surface area contributed by atoms with Gasteiger partial charge in [-0.2, -0.15) is 5.26 Å². The van der Waals surface area contributed by atoms with E-state index in [4.69, 9.17) is 21.6 Å². The molecular formula is C50H62ClN9O6S. The van der Waals surface area contributed by atoms with Gasteiger partial charge in [-0.25, -0.2) is 9.97 Å². The molecule has 2 aromatic heterocycles. The first-order valence-corrected chi connectivity index (χ1v) is 24.4. The molecular weight excluding hydrogens is 890 g/mol. The van der Waals surface area contributed by atoms with Crippen LogP contribution in [0.4, 0.5) is 5.82 Å². The van der Waals surface area contributed by atoms with Gasteiger partial charge in [0.15, 0.2) is 0 Å². The number of hydrogen-bond donors (Lipinski definition) is 4. The molecule has 67 heavy (non-hydrogen) atoms. The predicted molar refractivity (Wildman–Crippen MR) is 259 cm³/mol. The number of benzene rings is 2. The van der Waals surface area contributed by atoms with E-state index in [0.717, 1.165) is 60.1 Å². The van der Waals surface area contributed by atoms with E-state index < -0.39 is 23.6 Å². The first-order chi connectivity index (χ1) is 32.0. The number of piperazine rings is 1. The zero-order valence-corrected chi connectivity index (χ0v) is 40.7. The van der Waals surface area contributed by atoms with Gasteiger partial charge in [-0.1, -0.05) is 56.6 Å². The lowest BCUT2D eigenvalue weighted by Gasteiger charge is -2.40. The summed E-state index contributed by atoms with van der Waals surface area (Å²) in [6.07, 6.45) is 3.88. The molecule has 4 amide bonds. The van der Waals surface area contributed by atoms with Gasteiger partial charge in [-0.15, -0.1) is 11.3 Å². The fourth-order valence-corrected chi connectivity index (χ4v) is 10.0. The number of aliphatic hydroxyl groups excluding tert-OH is 1. The van der Waals surface area contributed by atoms with Crippen LogP contribution in [0, 0.1) is 23.7 Å². The van der Waals surface area contributed by atoms with Crippen LogP contribution in [-0.4, -0.2) is 118 Å². The summed E-state index contributed by atoms with van der Waals surface area (Å²) in [6.45, 7) is 14.9. The summed E-state index contributed by atoms with van der Waals surface area (Å²) in [5.74, 6) is 0.288.